The molecule has 0 saturated heterocycles. The minimum atomic E-state index is -3.95. The number of nitrogens with one attached hydrogen (secondary N) is 1. The molecule has 0 aliphatic carbocycles. The highest BCUT2D eigenvalue weighted by Gasteiger charge is 2.23. The molecule has 0 spiro atoms. The SMILES string of the molecule is CC(=O)c1ccccc1NS(=O)(=O)c1ncn(C)c1Cl. The van der Waals surface area contributed by atoms with Crippen LogP contribution >= 0.6 is 11.6 Å². The summed E-state index contributed by atoms with van der Waals surface area (Å²) in [5, 5.41) is -0.280. The first-order valence-corrected chi connectivity index (χ1v) is 7.48. The summed E-state index contributed by atoms with van der Waals surface area (Å²) in [5.41, 5.74) is 0.477. The zero-order valence-corrected chi connectivity index (χ0v) is 12.4. The van der Waals surface area contributed by atoms with Gasteiger partial charge in [0.25, 0.3) is 10.0 Å². The van der Waals surface area contributed by atoms with E-state index in [1.165, 1.54) is 23.9 Å². The van der Waals surface area contributed by atoms with Crippen LogP contribution in [0, 0.1) is 0 Å². The van der Waals surface area contributed by atoms with E-state index < -0.39 is 10.0 Å². The van der Waals surface area contributed by atoms with Gasteiger partial charge in [-0.15, -0.1) is 0 Å². The monoisotopic (exact) mass is 313 g/mol. The van der Waals surface area contributed by atoms with Crippen molar-refractivity contribution in [2.45, 2.75) is 11.9 Å². The van der Waals surface area contributed by atoms with Crippen molar-refractivity contribution in [3.8, 4) is 0 Å². The number of aryl methyl sites for hydroxylation is 1. The van der Waals surface area contributed by atoms with Crippen molar-refractivity contribution in [2.24, 2.45) is 7.05 Å². The van der Waals surface area contributed by atoms with Gasteiger partial charge in [-0.2, -0.15) is 8.42 Å². The summed E-state index contributed by atoms with van der Waals surface area (Å²) < 4.78 is 28.2. The van der Waals surface area contributed by atoms with E-state index in [1.807, 2.05) is 0 Å². The van der Waals surface area contributed by atoms with Crippen molar-refractivity contribution in [1.29, 1.82) is 0 Å². The maximum Gasteiger partial charge on any atom is 0.282 e. The molecule has 0 saturated carbocycles. The molecule has 1 heterocycles. The standard InChI is InChI=1S/C12H12ClN3O3S/c1-8(17)9-5-3-4-6-10(9)15-20(18,19)12-11(13)16(2)7-14-12/h3-7,15H,1-2H3. The highest BCUT2D eigenvalue weighted by molar-refractivity contribution is 7.92. The topological polar surface area (TPSA) is 81.1 Å². The molecule has 2 rings (SSSR count). The maximum absolute atomic E-state index is 12.2. The van der Waals surface area contributed by atoms with Gasteiger partial charge in [0.2, 0.25) is 5.03 Å². The fraction of sp³-hybridized carbons (Fsp3) is 0.167. The lowest BCUT2D eigenvalue weighted by molar-refractivity contribution is 0.101. The van der Waals surface area contributed by atoms with Gasteiger partial charge in [-0.1, -0.05) is 23.7 Å². The lowest BCUT2D eigenvalue weighted by atomic mass is 10.1. The number of hydrogen-bond acceptors (Lipinski definition) is 4. The summed E-state index contributed by atoms with van der Waals surface area (Å²) in [6, 6.07) is 6.33. The number of rotatable bonds is 4. The molecule has 0 atom stereocenters. The van der Waals surface area contributed by atoms with E-state index in [0.29, 0.717) is 0 Å². The number of para-hydroxylation sites is 1. The van der Waals surface area contributed by atoms with Gasteiger partial charge in [0, 0.05) is 12.6 Å². The lowest BCUT2D eigenvalue weighted by Crippen LogP contribution is -2.16. The molecule has 0 bridgehead atoms. The molecule has 0 unspecified atom stereocenters. The molecule has 0 radical (unpaired) electrons. The number of halogens is 1. The molecule has 1 aromatic heterocycles. The summed E-state index contributed by atoms with van der Waals surface area (Å²) in [6.07, 6.45) is 1.30. The quantitative estimate of drug-likeness (QED) is 0.876. The second kappa shape index (κ2) is 5.26. The van der Waals surface area contributed by atoms with Gasteiger partial charge in [0.15, 0.2) is 5.78 Å². The van der Waals surface area contributed by atoms with Gasteiger partial charge in [0.05, 0.1) is 12.0 Å². The van der Waals surface area contributed by atoms with E-state index >= 15 is 0 Å². The maximum atomic E-state index is 12.2. The van der Waals surface area contributed by atoms with Gasteiger partial charge in [-0.25, -0.2) is 4.98 Å². The minimum Gasteiger partial charge on any atom is -0.324 e. The second-order valence-electron chi connectivity index (χ2n) is 4.16. The molecule has 2 aromatic rings. The summed E-state index contributed by atoms with van der Waals surface area (Å²) >= 11 is 5.88. The van der Waals surface area contributed by atoms with E-state index in [4.69, 9.17) is 11.6 Å². The molecular weight excluding hydrogens is 302 g/mol. The third kappa shape index (κ3) is 2.68. The zero-order chi connectivity index (χ0) is 14.9. The Morgan fingerprint density at radius 3 is 2.55 bits per heavy atom. The third-order valence-corrected chi connectivity index (χ3v) is 4.49. The fourth-order valence-corrected chi connectivity index (χ4v) is 3.16. The Kier molecular flexibility index (Phi) is 3.82. The normalized spacial score (nSPS) is 11.3. The number of aromatic nitrogens is 2. The van der Waals surface area contributed by atoms with Crippen molar-refractivity contribution in [1.82, 2.24) is 9.55 Å². The number of anilines is 1. The molecule has 1 aromatic carbocycles. The van der Waals surface area contributed by atoms with E-state index in [-0.39, 0.29) is 27.2 Å². The molecule has 106 valence electrons. The Bertz CT molecular complexity index is 768. The Morgan fingerprint density at radius 1 is 1.35 bits per heavy atom. The smallest absolute Gasteiger partial charge is 0.282 e. The van der Waals surface area contributed by atoms with Gasteiger partial charge in [-0.3, -0.25) is 9.52 Å². The van der Waals surface area contributed by atoms with Crippen LogP contribution in [-0.4, -0.2) is 23.8 Å². The first-order valence-electron chi connectivity index (χ1n) is 5.62. The summed E-state index contributed by atoms with van der Waals surface area (Å²) in [7, 11) is -2.36. The van der Waals surface area contributed by atoms with Crippen molar-refractivity contribution in [3.05, 3.63) is 41.3 Å². The first-order chi connectivity index (χ1) is 9.33. The molecule has 8 heteroatoms. The average Bonchev–Trinajstić information content (AvgIpc) is 2.70. The van der Waals surface area contributed by atoms with E-state index in [1.54, 1.807) is 25.2 Å². The van der Waals surface area contributed by atoms with Crippen LogP contribution in [0.1, 0.15) is 17.3 Å². The number of ketones is 1. The van der Waals surface area contributed by atoms with Gasteiger partial charge in [-0.05, 0) is 19.1 Å². The largest absolute Gasteiger partial charge is 0.324 e. The highest BCUT2D eigenvalue weighted by Crippen LogP contribution is 2.23. The molecule has 20 heavy (non-hydrogen) atoms. The molecular formula is C12H12ClN3O3S. The predicted octanol–water partition coefficient (Wildman–Crippen LogP) is 2.08. The number of hydrogen-bond donors (Lipinski definition) is 1. The number of benzene rings is 1. The number of imidazole rings is 1. The molecule has 1 N–H and O–H groups in total. The number of Topliss-reactive ketones (excluding diaryl/α,β-unsaturated/α-hetero) is 1. The van der Waals surface area contributed by atoms with Crippen LogP contribution in [0.25, 0.3) is 0 Å². The number of carbonyl (C=O) groups excluding carboxylic acids is 1. The van der Waals surface area contributed by atoms with E-state index in [9.17, 15) is 13.2 Å². The lowest BCUT2D eigenvalue weighted by Gasteiger charge is -2.09. The van der Waals surface area contributed by atoms with Crippen molar-refractivity contribution in [3.63, 3.8) is 0 Å². The average molecular weight is 314 g/mol. The van der Waals surface area contributed by atoms with E-state index in [2.05, 4.69) is 9.71 Å². The summed E-state index contributed by atoms with van der Waals surface area (Å²) in [4.78, 5) is 15.2. The third-order valence-electron chi connectivity index (χ3n) is 2.64. The predicted molar refractivity (Wildman–Crippen MR) is 75.5 cm³/mol. The zero-order valence-electron chi connectivity index (χ0n) is 10.8. The van der Waals surface area contributed by atoms with Crippen LogP contribution in [-0.2, 0) is 17.1 Å². The Labute approximate surface area is 121 Å². The van der Waals surface area contributed by atoms with Crippen LogP contribution in [0.15, 0.2) is 35.6 Å². The molecule has 0 aliphatic rings. The van der Waals surface area contributed by atoms with Crippen LogP contribution < -0.4 is 4.72 Å². The van der Waals surface area contributed by atoms with E-state index in [0.717, 1.165) is 0 Å². The van der Waals surface area contributed by atoms with Crippen LogP contribution in [0.5, 0.6) is 0 Å². The minimum absolute atomic E-state index is 0.00203. The molecule has 0 aliphatic heterocycles. The van der Waals surface area contributed by atoms with Crippen molar-refractivity contribution >= 4 is 33.1 Å². The second-order valence-corrected chi connectivity index (χ2v) is 6.11. The number of sulfonamides is 1. The molecule has 0 fully saturated rings. The van der Waals surface area contributed by atoms with Gasteiger partial charge < -0.3 is 4.57 Å². The van der Waals surface area contributed by atoms with Crippen LogP contribution in [0.3, 0.4) is 0 Å². The molecule has 0 amide bonds. The first kappa shape index (κ1) is 14.5. The Balaban J connectivity index is 2.44. The van der Waals surface area contributed by atoms with Gasteiger partial charge in [0.1, 0.15) is 5.15 Å². The fourth-order valence-electron chi connectivity index (χ4n) is 1.65. The summed E-state index contributed by atoms with van der Waals surface area (Å²) in [6.45, 7) is 1.36. The van der Waals surface area contributed by atoms with Crippen LogP contribution in [0.4, 0.5) is 5.69 Å². The Morgan fingerprint density at radius 2 is 2.00 bits per heavy atom. The van der Waals surface area contributed by atoms with Crippen molar-refractivity contribution in [2.75, 3.05) is 4.72 Å². The molecule has 6 nitrogen and oxygen atoms in total. The number of nitrogens with zero attached hydrogens (tertiary/aromatic N) is 2. The van der Waals surface area contributed by atoms with Crippen molar-refractivity contribution < 1.29 is 13.2 Å². The van der Waals surface area contributed by atoms with Gasteiger partial charge >= 0.3 is 0 Å². The van der Waals surface area contributed by atoms with Crippen LogP contribution in [0.2, 0.25) is 5.15 Å². The number of carbonyl (C=O) groups is 1. The summed E-state index contributed by atoms with van der Waals surface area (Å²) in [5.74, 6) is -0.240. The Hall–Kier alpha value is -1.86. The highest BCUT2D eigenvalue weighted by atomic mass is 35.5.